The van der Waals surface area contributed by atoms with Crippen molar-refractivity contribution in [2.75, 3.05) is 0 Å². The Labute approximate surface area is 106 Å². The minimum Gasteiger partial charge on any atom is -0.288 e. The first kappa shape index (κ1) is 12.1. The number of aromatic nitrogens is 3. The lowest BCUT2D eigenvalue weighted by Gasteiger charge is -2.11. The number of pyridine rings is 1. The van der Waals surface area contributed by atoms with Gasteiger partial charge in [0.25, 0.3) is 0 Å². The topological polar surface area (TPSA) is 30.7 Å². The second kappa shape index (κ2) is 4.88. The van der Waals surface area contributed by atoms with E-state index in [9.17, 15) is 0 Å². The summed E-state index contributed by atoms with van der Waals surface area (Å²) in [6, 6.07) is 4.07. The lowest BCUT2D eigenvalue weighted by atomic mass is 10.1. The third kappa shape index (κ3) is 2.50. The van der Waals surface area contributed by atoms with Crippen molar-refractivity contribution in [1.82, 2.24) is 14.5 Å². The van der Waals surface area contributed by atoms with E-state index >= 15 is 0 Å². The molecule has 2 heterocycles. The molecule has 0 amide bonds. The maximum atomic E-state index is 5.92. The van der Waals surface area contributed by atoms with Crippen LogP contribution in [0.15, 0.2) is 24.5 Å². The van der Waals surface area contributed by atoms with Gasteiger partial charge in [0.1, 0.15) is 11.6 Å². The van der Waals surface area contributed by atoms with Crippen LogP contribution in [0.25, 0.3) is 5.82 Å². The van der Waals surface area contributed by atoms with Gasteiger partial charge >= 0.3 is 0 Å². The van der Waals surface area contributed by atoms with Crippen molar-refractivity contribution >= 4 is 11.6 Å². The average Bonchev–Trinajstić information content (AvgIpc) is 2.74. The Morgan fingerprint density at radius 1 is 1.35 bits per heavy atom. The van der Waals surface area contributed by atoms with Crippen molar-refractivity contribution in [3.8, 4) is 5.82 Å². The molecule has 2 rings (SSSR count). The molecule has 0 spiro atoms. The van der Waals surface area contributed by atoms with Gasteiger partial charge in [-0.1, -0.05) is 13.8 Å². The summed E-state index contributed by atoms with van der Waals surface area (Å²) >= 11 is 5.92. The minimum absolute atomic E-state index is 0.390. The molecule has 2 aromatic rings. The SMILES string of the molecule is Cc1nccn1-c1cc(CCl)cc(C(C)C)n1. The molecule has 90 valence electrons. The van der Waals surface area contributed by atoms with E-state index in [0.717, 1.165) is 22.9 Å². The molecular weight excluding hydrogens is 234 g/mol. The third-order valence-electron chi connectivity index (χ3n) is 2.71. The van der Waals surface area contributed by atoms with Crippen LogP contribution < -0.4 is 0 Å². The second-order valence-corrected chi connectivity index (χ2v) is 4.66. The van der Waals surface area contributed by atoms with Crippen LogP contribution in [0.1, 0.15) is 36.8 Å². The molecule has 0 saturated heterocycles. The normalized spacial score (nSPS) is 11.1. The van der Waals surface area contributed by atoms with Gasteiger partial charge in [-0.3, -0.25) is 4.57 Å². The van der Waals surface area contributed by atoms with Gasteiger partial charge in [-0.25, -0.2) is 9.97 Å². The summed E-state index contributed by atoms with van der Waals surface area (Å²) in [5.41, 5.74) is 2.15. The zero-order valence-corrected chi connectivity index (χ0v) is 11.1. The van der Waals surface area contributed by atoms with Crippen molar-refractivity contribution < 1.29 is 0 Å². The zero-order chi connectivity index (χ0) is 12.4. The largest absolute Gasteiger partial charge is 0.288 e. The van der Waals surface area contributed by atoms with E-state index in [1.807, 2.05) is 23.8 Å². The molecule has 4 heteroatoms. The van der Waals surface area contributed by atoms with Gasteiger partial charge < -0.3 is 0 Å². The van der Waals surface area contributed by atoms with Crippen molar-refractivity contribution in [3.63, 3.8) is 0 Å². The molecular formula is C13H16ClN3. The molecule has 0 fully saturated rings. The van der Waals surface area contributed by atoms with Crippen LogP contribution in [-0.4, -0.2) is 14.5 Å². The monoisotopic (exact) mass is 249 g/mol. The molecule has 0 aliphatic rings. The van der Waals surface area contributed by atoms with Gasteiger partial charge in [0.05, 0.1) is 0 Å². The van der Waals surface area contributed by atoms with Crippen LogP contribution >= 0.6 is 11.6 Å². The molecule has 0 bridgehead atoms. The molecule has 0 aromatic carbocycles. The van der Waals surface area contributed by atoms with E-state index in [1.165, 1.54) is 0 Å². The van der Waals surface area contributed by atoms with Crippen LogP contribution in [0.3, 0.4) is 0 Å². The first-order valence-corrected chi connectivity index (χ1v) is 6.22. The number of imidazole rings is 1. The third-order valence-corrected chi connectivity index (χ3v) is 3.02. The highest BCUT2D eigenvalue weighted by Crippen LogP contribution is 2.19. The average molecular weight is 250 g/mol. The van der Waals surface area contributed by atoms with E-state index in [1.54, 1.807) is 6.20 Å². The van der Waals surface area contributed by atoms with Crippen molar-refractivity contribution in [1.29, 1.82) is 0 Å². The van der Waals surface area contributed by atoms with Crippen LogP contribution in [0.5, 0.6) is 0 Å². The fourth-order valence-electron chi connectivity index (χ4n) is 1.71. The number of hydrogen-bond donors (Lipinski definition) is 0. The number of hydrogen-bond acceptors (Lipinski definition) is 2. The predicted molar refractivity (Wildman–Crippen MR) is 69.7 cm³/mol. The van der Waals surface area contributed by atoms with Gasteiger partial charge in [0.2, 0.25) is 0 Å². The molecule has 17 heavy (non-hydrogen) atoms. The number of alkyl halides is 1. The highest BCUT2D eigenvalue weighted by molar-refractivity contribution is 6.17. The lowest BCUT2D eigenvalue weighted by molar-refractivity contribution is 0.801. The van der Waals surface area contributed by atoms with E-state index in [2.05, 4.69) is 29.9 Å². The Morgan fingerprint density at radius 2 is 2.12 bits per heavy atom. The second-order valence-electron chi connectivity index (χ2n) is 4.39. The zero-order valence-electron chi connectivity index (χ0n) is 10.3. The Hall–Kier alpha value is -1.35. The van der Waals surface area contributed by atoms with Crippen LogP contribution in [-0.2, 0) is 5.88 Å². The number of rotatable bonds is 3. The maximum Gasteiger partial charge on any atom is 0.138 e. The fourth-order valence-corrected chi connectivity index (χ4v) is 1.86. The first-order chi connectivity index (χ1) is 8.11. The molecule has 0 aliphatic carbocycles. The van der Waals surface area contributed by atoms with Gasteiger partial charge in [0, 0.05) is 24.0 Å². The van der Waals surface area contributed by atoms with E-state index in [4.69, 9.17) is 11.6 Å². The number of halogens is 1. The summed E-state index contributed by atoms with van der Waals surface area (Å²) in [6.45, 7) is 6.22. The first-order valence-electron chi connectivity index (χ1n) is 5.69. The fraction of sp³-hybridized carbons (Fsp3) is 0.385. The Balaban J connectivity index is 2.54. The summed E-state index contributed by atoms with van der Waals surface area (Å²) in [4.78, 5) is 8.86. The summed E-state index contributed by atoms with van der Waals surface area (Å²) in [5.74, 6) is 2.71. The van der Waals surface area contributed by atoms with Crippen molar-refractivity contribution in [3.05, 3.63) is 41.6 Å². The minimum atomic E-state index is 0.390. The molecule has 0 radical (unpaired) electrons. The Bertz CT molecular complexity index is 517. The van der Waals surface area contributed by atoms with Crippen LogP contribution in [0.2, 0.25) is 0 Å². The van der Waals surface area contributed by atoms with Gasteiger partial charge in [-0.2, -0.15) is 0 Å². The smallest absolute Gasteiger partial charge is 0.138 e. The van der Waals surface area contributed by atoms with Crippen LogP contribution in [0.4, 0.5) is 0 Å². The van der Waals surface area contributed by atoms with E-state index < -0.39 is 0 Å². The van der Waals surface area contributed by atoms with Crippen LogP contribution in [0, 0.1) is 6.92 Å². The highest BCUT2D eigenvalue weighted by atomic mass is 35.5. The highest BCUT2D eigenvalue weighted by Gasteiger charge is 2.08. The van der Waals surface area contributed by atoms with Gasteiger partial charge in [-0.15, -0.1) is 11.6 Å². The molecule has 0 atom stereocenters. The predicted octanol–water partition coefficient (Wildman–Crippen LogP) is 3.44. The van der Waals surface area contributed by atoms with Gasteiger partial charge in [-0.05, 0) is 30.5 Å². The van der Waals surface area contributed by atoms with E-state index in [0.29, 0.717) is 11.8 Å². The summed E-state index contributed by atoms with van der Waals surface area (Å²) in [5, 5.41) is 0. The summed E-state index contributed by atoms with van der Waals surface area (Å²) in [6.07, 6.45) is 3.69. The van der Waals surface area contributed by atoms with Crippen molar-refractivity contribution in [2.24, 2.45) is 0 Å². The molecule has 3 nitrogen and oxygen atoms in total. The maximum absolute atomic E-state index is 5.92. The Kier molecular flexibility index (Phi) is 3.48. The number of aryl methyl sites for hydroxylation is 1. The number of nitrogens with zero attached hydrogens (tertiary/aromatic N) is 3. The molecule has 2 aromatic heterocycles. The Morgan fingerprint density at radius 3 is 2.65 bits per heavy atom. The standard InChI is InChI=1S/C13H16ClN3/c1-9(2)12-6-11(8-14)7-13(16-12)17-5-4-15-10(17)3/h4-7,9H,8H2,1-3H3. The van der Waals surface area contributed by atoms with Crippen molar-refractivity contribution in [2.45, 2.75) is 32.6 Å². The van der Waals surface area contributed by atoms with Gasteiger partial charge in [0.15, 0.2) is 0 Å². The molecule has 0 N–H and O–H groups in total. The lowest BCUT2D eigenvalue weighted by Crippen LogP contribution is -2.04. The van der Waals surface area contributed by atoms with E-state index in [-0.39, 0.29) is 0 Å². The quantitative estimate of drug-likeness (QED) is 0.781. The summed E-state index contributed by atoms with van der Waals surface area (Å²) in [7, 11) is 0. The molecule has 0 unspecified atom stereocenters. The molecule has 0 saturated carbocycles. The summed E-state index contributed by atoms with van der Waals surface area (Å²) < 4.78 is 1.97. The molecule has 0 aliphatic heterocycles.